The minimum absolute atomic E-state index is 0.552. The number of pyridine rings is 1. The van der Waals surface area contributed by atoms with E-state index in [0.29, 0.717) is 5.88 Å². The van der Waals surface area contributed by atoms with Crippen LogP contribution in [0.3, 0.4) is 0 Å². The molecule has 5 heterocycles. The van der Waals surface area contributed by atoms with Gasteiger partial charge in [0.1, 0.15) is 17.2 Å². The fourth-order valence-electron chi connectivity index (χ4n) is 5.46. The molecule has 4 aromatic rings. The summed E-state index contributed by atoms with van der Waals surface area (Å²) >= 11 is 1.72. The Labute approximate surface area is 233 Å². The summed E-state index contributed by atoms with van der Waals surface area (Å²) in [5.74, 6) is 1.64. The first-order valence-corrected chi connectivity index (χ1v) is 14.7. The van der Waals surface area contributed by atoms with Gasteiger partial charge in [-0.05, 0) is 58.7 Å². The highest BCUT2D eigenvalue weighted by atomic mass is 32.1. The van der Waals surface area contributed by atoms with Crippen LogP contribution in [0.25, 0.3) is 17.1 Å². The van der Waals surface area contributed by atoms with E-state index in [0.717, 1.165) is 85.8 Å². The first kappa shape index (κ1) is 26.0. The van der Waals surface area contributed by atoms with Crippen molar-refractivity contribution >= 4 is 22.3 Å². The number of thiazole rings is 1. The topological polar surface area (TPSA) is 89.2 Å². The normalized spacial score (nSPS) is 16.4. The second kappa shape index (κ2) is 11.1. The molecule has 0 bridgehead atoms. The van der Waals surface area contributed by atoms with Crippen molar-refractivity contribution in [1.29, 1.82) is 0 Å². The maximum absolute atomic E-state index is 5.73. The summed E-state index contributed by atoms with van der Waals surface area (Å²) in [6, 6.07) is 4.08. The third-order valence-corrected chi connectivity index (χ3v) is 8.63. The Balaban J connectivity index is 1.37. The Morgan fingerprint density at radius 1 is 1.08 bits per heavy atom. The van der Waals surface area contributed by atoms with Gasteiger partial charge in [-0.2, -0.15) is 5.10 Å². The number of imidazole rings is 1. The zero-order valence-electron chi connectivity index (χ0n) is 23.3. The van der Waals surface area contributed by atoms with Crippen LogP contribution in [-0.4, -0.2) is 79.4 Å². The third-order valence-electron chi connectivity index (χ3n) is 7.68. The standard InChI is InChI=1S/C28H37N9OS/c1-5-37-26(20-8-6-7-9-21(20)33-37)32-28-31-25(24(39-28)17-35-14-12-34(3)13-15-35)22-10-11-23(27(30-22)38-4)36-16-19(2)29-18-36/h10-11,16,18H,5-9,12-15,17H2,1-4H3,(H,31,32). The third kappa shape index (κ3) is 5.30. The minimum Gasteiger partial charge on any atom is -0.479 e. The maximum atomic E-state index is 5.73. The lowest BCUT2D eigenvalue weighted by atomic mass is 9.97. The van der Waals surface area contributed by atoms with Crippen molar-refractivity contribution < 1.29 is 4.74 Å². The number of methoxy groups -OCH3 is 1. The molecule has 1 saturated heterocycles. The molecular formula is C28H37N9OS. The number of rotatable bonds is 8. The van der Waals surface area contributed by atoms with Crippen LogP contribution < -0.4 is 10.1 Å². The average molecular weight is 548 g/mol. The quantitative estimate of drug-likeness (QED) is 0.350. The lowest BCUT2D eigenvalue weighted by molar-refractivity contribution is 0.149. The zero-order valence-corrected chi connectivity index (χ0v) is 24.1. The van der Waals surface area contributed by atoms with E-state index in [4.69, 9.17) is 19.8 Å². The number of piperazine rings is 1. The number of hydrogen-bond acceptors (Lipinski definition) is 9. The molecule has 4 aromatic heterocycles. The van der Waals surface area contributed by atoms with E-state index in [9.17, 15) is 0 Å². The number of hydrogen-bond donors (Lipinski definition) is 1. The van der Waals surface area contributed by atoms with Gasteiger partial charge >= 0.3 is 0 Å². The fourth-order valence-corrected chi connectivity index (χ4v) is 6.47. The van der Waals surface area contributed by atoms with E-state index in [1.54, 1.807) is 24.8 Å². The molecule has 2 aliphatic rings. The van der Waals surface area contributed by atoms with Gasteiger partial charge in [0, 0.05) is 51.0 Å². The van der Waals surface area contributed by atoms with Crippen LogP contribution in [0.15, 0.2) is 24.7 Å². The minimum atomic E-state index is 0.552. The number of fused-ring (bicyclic) bond motifs is 1. The lowest BCUT2D eigenvalue weighted by Crippen LogP contribution is -2.43. The Morgan fingerprint density at radius 3 is 2.64 bits per heavy atom. The largest absolute Gasteiger partial charge is 0.479 e. The highest BCUT2D eigenvalue weighted by Gasteiger charge is 2.24. The number of nitrogens with one attached hydrogen (secondary N) is 1. The molecule has 0 amide bonds. The van der Waals surface area contributed by atoms with E-state index in [1.165, 1.54) is 29.0 Å². The molecule has 1 N–H and O–H groups in total. The monoisotopic (exact) mass is 547 g/mol. The van der Waals surface area contributed by atoms with Crippen molar-refractivity contribution in [3.63, 3.8) is 0 Å². The predicted molar refractivity (Wildman–Crippen MR) is 154 cm³/mol. The summed E-state index contributed by atoms with van der Waals surface area (Å²) in [6.07, 6.45) is 8.31. The summed E-state index contributed by atoms with van der Waals surface area (Å²) < 4.78 is 9.77. The van der Waals surface area contributed by atoms with E-state index in [1.807, 2.05) is 29.8 Å². The smallest absolute Gasteiger partial charge is 0.238 e. The summed E-state index contributed by atoms with van der Waals surface area (Å²) in [6.45, 7) is 10.0. The molecule has 0 radical (unpaired) electrons. The summed E-state index contributed by atoms with van der Waals surface area (Å²) in [5, 5.41) is 9.46. The van der Waals surface area contributed by atoms with Crippen LogP contribution in [0.5, 0.6) is 5.88 Å². The number of aryl methyl sites for hydroxylation is 3. The first-order valence-electron chi connectivity index (χ1n) is 13.8. The molecular weight excluding hydrogens is 510 g/mol. The molecule has 6 rings (SSSR count). The summed E-state index contributed by atoms with van der Waals surface area (Å²) in [4.78, 5) is 20.5. The van der Waals surface area contributed by atoms with Gasteiger partial charge in [-0.1, -0.05) is 11.3 Å². The van der Waals surface area contributed by atoms with Crippen molar-refractivity contribution in [2.24, 2.45) is 0 Å². The molecule has 11 heteroatoms. The van der Waals surface area contributed by atoms with E-state index in [-0.39, 0.29) is 0 Å². The fraction of sp³-hybridized carbons (Fsp3) is 0.500. The van der Waals surface area contributed by atoms with Crippen LogP contribution in [0, 0.1) is 6.92 Å². The molecule has 0 unspecified atom stereocenters. The highest BCUT2D eigenvalue weighted by molar-refractivity contribution is 7.16. The van der Waals surface area contributed by atoms with Crippen molar-refractivity contribution in [2.75, 3.05) is 45.7 Å². The zero-order chi connectivity index (χ0) is 26.9. The van der Waals surface area contributed by atoms with Gasteiger partial charge in [0.15, 0.2) is 5.13 Å². The number of ether oxygens (including phenoxy) is 1. The molecule has 10 nitrogen and oxygen atoms in total. The molecule has 1 fully saturated rings. The Bertz CT molecular complexity index is 1450. The van der Waals surface area contributed by atoms with Crippen LogP contribution in [0.4, 0.5) is 10.9 Å². The van der Waals surface area contributed by atoms with Gasteiger partial charge in [-0.15, -0.1) is 0 Å². The van der Waals surface area contributed by atoms with E-state index < -0.39 is 0 Å². The molecule has 0 spiro atoms. The van der Waals surface area contributed by atoms with Gasteiger partial charge in [0.05, 0.1) is 35.4 Å². The number of aromatic nitrogens is 6. The molecule has 0 saturated carbocycles. The predicted octanol–water partition coefficient (Wildman–Crippen LogP) is 4.29. The van der Waals surface area contributed by atoms with Crippen LogP contribution in [0.1, 0.15) is 41.6 Å². The molecule has 39 heavy (non-hydrogen) atoms. The Kier molecular flexibility index (Phi) is 7.37. The average Bonchev–Trinajstić information content (AvgIpc) is 3.67. The Morgan fingerprint density at radius 2 is 1.90 bits per heavy atom. The lowest BCUT2D eigenvalue weighted by Gasteiger charge is -2.32. The van der Waals surface area contributed by atoms with E-state index >= 15 is 0 Å². The molecule has 0 aromatic carbocycles. The highest BCUT2D eigenvalue weighted by Crippen LogP contribution is 2.37. The van der Waals surface area contributed by atoms with Crippen molar-refractivity contribution in [1.82, 2.24) is 39.1 Å². The first-order chi connectivity index (χ1) is 19.0. The van der Waals surface area contributed by atoms with Gasteiger partial charge in [0.2, 0.25) is 5.88 Å². The second-order valence-corrected chi connectivity index (χ2v) is 11.5. The van der Waals surface area contributed by atoms with Crippen LogP contribution in [0.2, 0.25) is 0 Å². The molecule has 1 aliphatic carbocycles. The number of nitrogens with zero attached hydrogens (tertiary/aromatic N) is 8. The van der Waals surface area contributed by atoms with E-state index in [2.05, 4.69) is 38.8 Å². The van der Waals surface area contributed by atoms with Gasteiger partial charge in [-0.25, -0.2) is 19.6 Å². The van der Waals surface area contributed by atoms with Crippen molar-refractivity contribution in [3.8, 4) is 23.0 Å². The summed E-state index contributed by atoms with van der Waals surface area (Å²) in [7, 11) is 3.85. The molecule has 1 aliphatic heterocycles. The molecule has 206 valence electrons. The van der Waals surface area contributed by atoms with Gasteiger partial charge in [0.25, 0.3) is 0 Å². The summed E-state index contributed by atoms with van der Waals surface area (Å²) in [5.41, 5.74) is 6.10. The number of likely N-dealkylation sites (N-methyl/N-ethyl adjacent to an activating group) is 1. The van der Waals surface area contributed by atoms with Crippen molar-refractivity contribution in [3.05, 3.63) is 46.5 Å². The van der Waals surface area contributed by atoms with Crippen LogP contribution >= 0.6 is 11.3 Å². The SMILES string of the molecule is CCn1nc2c(c1Nc1nc(-c3ccc(-n4cnc(C)c4)c(OC)n3)c(CN3CCN(C)CC3)s1)CCCC2. The second-order valence-electron chi connectivity index (χ2n) is 10.4. The van der Waals surface area contributed by atoms with Crippen LogP contribution in [-0.2, 0) is 25.9 Å². The van der Waals surface area contributed by atoms with Gasteiger partial charge < -0.3 is 19.5 Å². The maximum Gasteiger partial charge on any atom is 0.238 e. The van der Waals surface area contributed by atoms with Crippen molar-refractivity contribution in [2.45, 2.75) is 52.6 Å². The number of anilines is 2. The van der Waals surface area contributed by atoms with Gasteiger partial charge in [-0.3, -0.25) is 4.90 Å². The Hall–Kier alpha value is -3.28. The molecule has 0 atom stereocenters.